The minimum Gasteiger partial charge on any atom is -0.376 e. The van der Waals surface area contributed by atoms with E-state index in [-0.39, 0.29) is 6.10 Å². The highest BCUT2D eigenvalue weighted by Gasteiger charge is 2.16. The second kappa shape index (κ2) is 8.64. The third-order valence-electron chi connectivity index (χ3n) is 4.14. The van der Waals surface area contributed by atoms with Gasteiger partial charge in [0, 0.05) is 31.3 Å². The molecule has 0 amide bonds. The van der Waals surface area contributed by atoms with Gasteiger partial charge in [-0.1, -0.05) is 43.7 Å². The van der Waals surface area contributed by atoms with Crippen LogP contribution in [0, 0.1) is 0 Å². The lowest BCUT2D eigenvalue weighted by Gasteiger charge is -2.13. The van der Waals surface area contributed by atoms with Gasteiger partial charge in [0.2, 0.25) is 5.95 Å². The van der Waals surface area contributed by atoms with Crippen molar-refractivity contribution in [2.24, 2.45) is 0 Å². The normalized spacial score (nSPS) is 17.0. The maximum atomic E-state index is 5.67. The van der Waals surface area contributed by atoms with Crippen molar-refractivity contribution in [3.63, 3.8) is 0 Å². The van der Waals surface area contributed by atoms with Gasteiger partial charge in [-0.25, -0.2) is 4.98 Å². The number of hydrogen-bond acceptors (Lipinski definition) is 5. The summed E-state index contributed by atoms with van der Waals surface area (Å²) in [5.74, 6) is 1.53. The van der Waals surface area contributed by atoms with Crippen LogP contribution in [0.5, 0.6) is 0 Å². The first-order valence-electron chi connectivity index (χ1n) is 8.89. The molecule has 2 aromatic rings. The Morgan fingerprint density at radius 2 is 2.04 bits per heavy atom. The Labute approximate surface area is 143 Å². The standard InChI is InChI=1S/C19H26N4O/c1-2-3-11-20-18-13-17(15-8-5-4-6-9-15)22-19(23-18)21-14-16-10-7-12-24-16/h4-6,8-9,13,16H,2-3,7,10-12,14H2,1H3,(H2,20,21,22,23). The van der Waals surface area contributed by atoms with Gasteiger partial charge in [-0.3, -0.25) is 0 Å². The zero-order valence-corrected chi connectivity index (χ0v) is 14.3. The number of nitrogens with one attached hydrogen (secondary N) is 2. The molecule has 1 atom stereocenters. The molecule has 24 heavy (non-hydrogen) atoms. The molecule has 0 saturated carbocycles. The minimum absolute atomic E-state index is 0.269. The fourth-order valence-electron chi connectivity index (χ4n) is 2.78. The molecular weight excluding hydrogens is 300 g/mol. The second-order valence-corrected chi connectivity index (χ2v) is 6.12. The largest absolute Gasteiger partial charge is 0.376 e. The summed E-state index contributed by atoms with van der Waals surface area (Å²) in [5, 5.41) is 6.74. The predicted octanol–water partition coefficient (Wildman–Crippen LogP) is 3.95. The summed E-state index contributed by atoms with van der Waals surface area (Å²) in [4.78, 5) is 9.28. The highest BCUT2D eigenvalue weighted by molar-refractivity contribution is 5.64. The van der Waals surface area contributed by atoms with E-state index in [0.29, 0.717) is 5.95 Å². The van der Waals surface area contributed by atoms with Gasteiger partial charge in [0.25, 0.3) is 0 Å². The van der Waals surface area contributed by atoms with E-state index < -0.39 is 0 Å². The molecule has 1 unspecified atom stereocenters. The van der Waals surface area contributed by atoms with Crippen LogP contribution >= 0.6 is 0 Å². The number of aromatic nitrogens is 2. The van der Waals surface area contributed by atoms with Crippen molar-refractivity contribution in [3.05, 3.63) is 36.4 Å². The summed E-state index contributed by atoms with van der Waals surface area (Å²) in [7, 11) is 0. The molecule has 1 aliphatic rings. The summed E-state index contributed by atoms with van der Waals surface area (Å²) in [5.41, 5.74) is 2.03. The van der Waals surface area contributed by atoms with E-state index in [1.807, 2.05) is 24.3 Å². The van der Waals surface area contributed by atoms with E-state index in [2.05, 4.69) is 39.7 Å². The van der Waals surface area contributed by atoms with Crippen LogP contribution in [0.15, 0.2) is 36.4 Å². The molecular formula is C19H26N4O. The molecule has 3 rings (SSSR count). The molecule has 5 heteroatoms. The molecule has 1 fully saturated rings. The Kier molecular flexibility index (Phi) is 6.01. The summed E-state index contributed by atoms with van der Waals surface area (Å²) in [6, 6.07) is 12.2. The number of benzene rings is 1. The average molecular weight is 326 g/mol. The molecule has 1 aliphatic heterocycles. The monoisotopic (exact) mass is 326 g/mol. The molecule has 1 aromatic heterocycles. The molecule has 0 aliphatic carbocycles. The van der Waals surface area contributed by atoms with E-state index in [9.17, 15) is 0 Å². The van der Waals surface area contributed by atoms with Gasteiger partial charge in [-0.15, -0.1) is 0 Å². The first-order valence-corrected chi connectivity index (χ1v) is 8.89. The summed E-state index contributed by atoms with van der Waals surface area (Å²) < 4.78 is 5.67. The van der Waals surface area contributed by atoms with E-state index >= 15 is 0 Å². The fourth-order valence-corrected chi connectivity index (χ4v) is 2.78. The Balaban J connectivity index is 1.76. The third kappa shape index (κ3) is 4.68. The predicted molar refractivity (Wildman–Crippen MR) is 98.3 cm³/mol. The molecule has 0 radical (unpaired) electrons. The van der Waals surface area contributed by atoms with Crippen molar-refractivity contribution in [1.29, 1.82) is 0 Å². The van der Waals surface area contributed by atoms with Crippen molar-refractivity contribution < 1.29 is 4.74 Å². The summed E-state index contributed by atoms with van der Waals surface area (Å²) in [6.07, 6.45) is 4.80. The first-order chi connectivity index (χ1) is 11.8. The first kappa shape index (κ1) is 16.7. The van der Waals surface area contributed by atoms with Gasteiger partial charge in [0.05, 0.1) is 11.8 Å². The van der Waals surface area contributed by atoms with Gasteiger partial charge in [0.1, 0.15) is 5.82 Å². The van der Waals surface area contributed by atoms with Crippen LogP contribution in [0.2, 0.25) is 0 Å². The van der Waals surface area contributed by atoms with Crippen molar-refractivity contribution in [3.8, 4) is 11.3 Å². The van der Waals surface area contributed by atoms with Crippen molar-refractivity contribution in [1.82, 2.24) is 9.97 Å². The zero-order valence-electron chi connectivity index (χ0n) is 14.3. The topological polar surface area (TPSA) is 59.1 Å². The quantitative estimate of drug-likeness (QED) is 0.719. The number of hydrogen-bond donors (Lipinski definition) is 2. The van der Waals surface area contributed by atoms with Crippen LogP contribution in [0.1, 0.15) is 32.6 Å². The number of nitrogens with zero attached hydrogens (tertiary/aromatic N) is 2. The summed E-state index contributed by atoms with van der Waals surface area (Å²) >= 11 is 0. The maximum Gasteiger partial charge on any atom is 0.225 e. The lowest BCUT2D eigenvalue weighted by atomic mass is 10.1. The number of ether oxygens (including phenoxy) is 1. The highest BCUT2D eigenvalue weighted by Crippen LogP contribution is 2.22. The molecule has 0 bridgehead atoms. The van der Waals surface area contributed by atoms with E-state index in [1.165, 1.54) is 0 Å². The Morgan fingerprint density at radius 1 is 1.17 bits per heavy atom. The van der Waals surface area contributed by atoms with Crippen LogP contribution in [0.25, 0.3) is 11.3 Å². The zero-order chi connectivity index (χ0) is 16.6. The molecule has 5 nitrogen and oxygen atoms in total. The lowest BCUT2D eigenvalue weighted by Crippen LogP contribution is -2.20. The van der Waals surface area contributed by atoms with Crippen LogP contribution in [0.4, 0.5) is 11.8 Å². The van der Waals surface area contributed by atoms with Gasteiger partial charge in [-0.05, 0) is 19.3 Å². The molecule has 128 valence electrons. The molecule has 2 heterocycles. The molecule has 1 aromatic carbocycles. The van der Waals surface area contributed by atoms with Crippen LogP contribution in [-0.4, -0.2) is 35.8 Å². The lowest BCUT2D eigenvalue weighted by molar-refractivity contribution is 0.120. The smallest absolute Gasteiger partial charge is 0.225 e. The summed E-state index contributed by atoms with van der Waals surface area (Å²) in [6.45, 7) is 4.73. The van der Waals surface area contributed by atoms with Gasteiger partial charge >= 0.3 is 0 Å². The van der Waals surface area contributed by atoms with Crippen LogP contribution in [-0.2, 0) is 4.74 Å². The maximum absolute atomic E-state index is 5.67. The molecule has 1 saturated heterocycles. The number of anilines is 2. The Hall–Kier alpha value is -2.14. The Bertz CT molecular complexity index is 627. The second-order valence-electron chi connectivity index (χ2n) is 6.12. The minimum atomic E-state index is 0.269. The van der Waals surface area contributed by atoms with E-state index in [0.717, 1.165) is 62.5 Å². The van der Waals surface area contributed by atoms with Gasteiger partial charge in [-0.2, -0.15) is 4.98 Å². The van der Waals surface area contributed by atoms with Crippen LogP contribution < -0.4 is 10.6 Å². The molecule has 0 spiro atoms. The number of unbranched alkanes of at least 4 members (excludes halogenated alkanes) is 1. The highest BCUT2D eigenvalue weighted by atomic mass is 16.5. The van der Waals surface area contributed by atoms with Gasteiger partial charge in [0.15, 0.2) is 0 Å². The average Bonchev–Trinajstić information content (AvgIpc) is 3.14. The fraction of sp³-hybridized carbons (Fsp3) is 0.474. The van der Waals surface area contributed by atoms with E-state index in [1.54, 1.807) is 0 Å². The number of rotatable bonds is 8. The van der Waals surface area contributed by atoms with Crippen molar-refractivity contribution >= 4 is 11.8 Å². The Morgan fingerprint density at radius 3 is 2.79 bits per heavy atom. The van der Waals surface area contributed by atoms with Crippen LogP contribution in [0.3, 0.4) is 0 Å². The van der Waals surface area contributed by atoms with E-state index in [4.69, 9.17) is 4.74 Å². The van der Waals surface area contributed by atoms with Gasteiger partial charge < -0.3 is 15.4 Å². The SMILES string of the molecule is CCCCNc1cc(-c2ccccc2)nc(NCC2CCCO2)n1. The third-order valence-corrected chi connectivity index (χ3v) is 4.14. The van der Waals surface area contributed by atoms with Crippen molar-refractivity contribution in [2.75, 3.05) is 30.3 Å². The van der Waals surface area contributed by atoms with Crippen molar-refractivity contribution in [2.45, 2.75) is 38.7 Å². The molecule has 2 N–H and O–H groups in total.